The lowest BCUT2D eigenvalue weighted by Gasteiger charge is -2.24. The Balaban J connectivity index is 2.63. The fourth-order valence-electron chi connectivity index (χ4n) is 2.75. The van der Waals surface area contributed by atoms with Crippen LogP contribution in [0.25, 0.3) is 0 Å². The molecule has 0 unspecified atom stereocenters. The fourth-order valence-corrected chi connectivity index (χ4v) is 2.75. The van der Waals surface area contributed by atoms with E-state index in [0.29, 0.717) is 18.4 Å². The number of benzene rings is 1. The maximum Gasteiger partial charge on any atom is 0.335 e. The van der Waals surface area contributed by atoms with Gasteiger partial charge in [0.1, 0.15) is 11.4 Å². The zero-order chi connectivity index (χ0) is 14.0. The van der Waals surface area contributed by atoms with Gasteiger partial charge in [0, 0.05) is 5.56 Å². The van der Waals surface area contributed by atoms with Gasteiger partial charge in [-0.2, -0.15) is 4.99 Å². The molecule has 0 aliphatic heterocycles. The van der Waals surface area contributed by atoms with Crippen LogP contribution in [-0.2, 0) is 10.3 Å². The first-order chi connectivity index (χ1) is 9.00. The summed E-state index contributed by atoms with van der Waals surface area (Å²) in [7, 11) is 0. The summed E-state index contributed by atoms with van der Waals surface area (Å²) in [5.74, 6) is -1.62. The molecule has 2 rings (SSSR count). The molecule has 1 aromatic carbocycles. The van der Waals surface area contributed by atoms with E-state index in [2.05, 4.69) is 4.99 Å². The highest BCUT2D eigenvalue weighted by Gasteiger charge is 2.38. The number of halogens is 1. The number of carboxylic acids is 1. The lowest BCUT2D eigenvalue weighted by molar-refractivity contribution is 0.0696. The number of hydrogen-bond donors (Lipinski definition) is 1. The Morgan fingerprint density at radius 1 is 1.42 bits per heavy atom. The average Bonchev–Trinajstić information content (AvgIpc) is 2.78. The molecule has 1 aliphatic carbocycles. The van der Waals surface area contributed by atoms with Crippen molar-refractivity contribution in [3.05, 3.63) is 34.6 Å². The zero-order valence-electron chi connectivity index (χ0n) is 10.6. The predicted octanol–water partition coefficient (Wildman–Crippen LogP) is 2.94. The molecule has 1 N–H and O–H groups in total. The number of hydrogen-bond acceptors (Lipinski definition) is 3. The van der Waals surface area contributed by atoms with E-state index in [4.69, 9.17) is 5.11 Å². The quantitative estimate of drug-likeness (QED) is 0.673. The number of nitrogens with zero attached hydrogens (tertiary/aromatic N) is 1. The van der Waals surface area contributed by atoms with Gasteiger partial charge in [-0.3, -0.25) is 0 Å². The first kappa shape index (κ1) is 13.4. The molecular weight excluding hydrogens is 249 g/mol. The van der Waals surface area contributed by atoms with E-state index in [1.165, 1.54) is 18.2 Å². The molecule has 5 heteroatoms. The minimum atomic E-state index is -1.11. The van der Waals surface area contributed by atoms with Gasteiger partial charge in [0.05, 0.1) is 5.56 Å². The lowest BCUT2D eigenvalue weighted by Crippen LogP contribution is -2.22. The highest BCUT2D eigenvalue weighted by Crippen LogP contribution is 2.43. The molecule has 100 valence electrons. The first-order valence-corrected chi connectivity index (χ1v) is 6.13. The summed E-state index contributed by atoms with van der Waals surface area (Å²) in [5, 5.41) is 9.11. The van der Waals surface area contributed by atoms with Gasteiger partial charge in [-0.25, -0.2) is 14.0 Å². The SMILES string of the molecule is Cc1cc(F)c(C2(N=C=O)CCCC2)cc1C(=O)O. The van der Waals surface area contributed by atoms with Gasteiger partial charge in [-0.05, 0) is 37.5 Å². The van der Waals surface area contributed by atoms with E-state index in [1.54, 1.807) is 6.92 Å². The van der Waals surface area contributed by atoms with Crippen LogP contribution in [0.15, 0.2) is 17.1 Å². The van der Waals surface area contributed by atoms with Crippen molar-refractivity contribution in [2.24, 2.45) is 4.99 Å². The third-order valence-corrected chi connectivity index (χ3v) is 3.74. The molecule has 0 bridgehead atoms. The van der Waals surface area contributed by atoms with Crippen LogP contribution in [0.4, 0.5) is 4.39 Å². The van der Waals surface area contributed by atoms with Crippen LogP contribution in [0.5, 0.6) is 0 Å². The Hall–Kier alpha value is -2.00. The lowest BCUT2D eigenvalue weighted by atomic mass is 9.86. The Labute approximate surface area is 110 Å². The number of aliphatic imine (C=N–C) groups is 1. The van der Waals surface area contributed by atoms with Gasteiger partial charge < -0.3 is 5.11 Å². The Bertz CT molecular complexity index is 570. The third kappa shape index (κ3) is 2.29. The number of isocyanates is 1. The molecule has 0 atom stereocenters. The van der Waals surface area contributed by atoms with Crippen molar-refractivity contribution >= 4 is 12.0 Å². The van der Waals surface area contributed by atoms with E-state index < -0.39 is 17.3 Å². The summed E-state index contributed by atoms with van der Waals surface area (Å²) >= 11 is 0. The Morgan fingerprint density at radius 2 is 2.05 bits per heavy atom. The second-order valence-electron chi connectivity index (χ2n) is 4.89. The van der Waals surface area contributed by atoms with E-state index >= 15 is 0 Å². The molecule has 19 heavy (non-hydrogen) atoms. The highest BCUT2D eigenvalue weighted by molar-refractivity contribution is 5.89. The van der Waals surface area contributed by atoms with Crippen LogP contribution in [-0.4, -0.2) is 17.2 Å². The van der Waals surface area contributed by atoms with E-state index in [0.717, 1.165) is 12.8 Å². The molecule has 0 spiro atoms. The van der Waals surface area contributed by atoms with Crippen molar-refractivity contribution in [2.45, 2.75) is 38.1 Å². The highest BCUT2D eigenvalue weighted by atomic mass is 19.1. The maximum absolute atomic E-state index is 14.1. The Kier molecular flexibility index (Phi) is 3.49. The molecule has 1 saturated carbocycles. The van der Waals surface area contributed by atoms with Crippen molar-refractivity contribution in [3.63, 3.8) is 0 Å². The van der Waals surface area contributed by atoms with Crippen molar-refractivity contribution in [1.82, 2.24) is 0 Å². The minimum absolute atomic E-state index is 0.0452. The van der Waals surface area contributed by atoms with Crippen LogP contribution >= 0.6 is 0 Å². The molecule has 0 radical (unpaired) electrons. The van der Waals surface area contributed by atoms with Crippen LogP contribution in [0.3, 0.4) is 0 Å². The average molecular weight is 263 g/mol. The summed E-state index contributed by atoms with van der Waals surface area (Å²) in [5.41, 5.74) is -0.346. The second-order valence-corrected chi connectivity index (χ2v) is 4.89. The molecule has 4 nitrogen and oxygen atoms in total. The van der Waals surface area contributed by atoms with Crippen molar-refractivity contribution in [3.8, 4) is 0 Å². The van der Waals surface area contributed by atoms with Gasteiger partial charge >= 0.3 is 5.97 Å². The van der Waals surface area contributed by atoms with E-state index in [1.807, 2.05) is 0 Å². The zero-order valence-corrected chi connectivity index (χ0v) is 10.6. The summed E-state index contributed by atoms with van der Waals surface area (Å²) in [4.78, 5) is 25.5. The van der Waals surface area contributed by atoms with Gasteiger partial charge in [0.25, 0.3) is 0 Å². The largest absolute Gasteiger partial charge is 0.478 e. The third-order valence-electron chi connectivity index (χ3n) is 3.74. The summed E-state index contributed by atoms with van der Waals surface area (Å²) in [6, 6.07) is 2.50. The smallest absolute Gasteiger partial charge is 0.335 e. The number of carboxylic acid groups (broad SMARTS) is 1. The normalized spacial score (nSPS) is 16.9. The molecule has 0 aromatic heterocycles. The molecular formula is C14H14FNO3. The van der Waals surface area contributed by atoms with Crippen molar-refractivity contribution in [2.75, 3.05) is 0 Å². The molecule has 1 fully saturated rings. The topological polar surface area (TPSA) is 66.7 Å². The molecule has 1 aliphatic rings. The number of carbonyl (C=O) groups excluding carboxylic acids is 1. The number of carbonyl (C=O) groups is 1. The van der Waals surface area contributed by atoms with Gasteiger partial charge in [0.2, 0.25) is 6.08 Å². The predicted molar refractivity (Wildman–Crippen MR) is 66.4 cm³/mol. The van der Waals surface area contributed by atoms with Crippen LogP contribution in [0.2, 0.25) is 0 Å². The van der Waals surface area contributed by atoms with Gasteiger partial charge in [-0.15, -0.1) is 0 Å². The number of rotatable bonds is 3. The van der Waals surface area contributed by atoms with E-state index in [9.17, 15) is 14.0 Å². The summed E-state index contributed by atoms with van der Waals surface area (Å²) in [6.45, 7) is 1.54. The standard InChI is InChI=1S/C14H14FNO3/c1-9-6-12(15)11(7-10(9)13(18)19)14(16-8-17)4-2-3-5-14/h6-7H,2-5H2,1H3,(H,18,19). The molecule has 1 aromatic rings. The number of aryl methyl sites for hydroxylation is 1. The van der Waals surface area contributed by atoms with Crippen molar-refractivity contribution < 1.29 is 19.1 Å². The fraction of sp³-hybridized carbons (Fsp3) is 0.429. The summed E-state index contributed by atoms with van der Waals surface area (Å²) in [6.07, 6.45) is 4.25. The molecule has 0 amide bonds. The maximum atomic E-state index is 14.1. The van der Waals surface area contributed by atoms with E-state index in [-0.39, 0.29) is 11.1 Å². The van der Waals surface area contributed by atoms with Crippen LogP contribution < -0.4 is 0 Å². The van der Waals surface area contributed by atoms with Crippen LogP contribution in [0, 0.1) is 12.7 Å². The Morgan fingerprint density at radius 3 is 2.58 bits per heavy atom. The summed E-state index contributed by atoms with van der Waals surface area (Å²) < 4.78 is 14.1. The molecule has 0 heterocycles. The second kappa shape index (κ2) is 4.94. The monoisotopic (exact) mass is 263 g/mol. The van der Waals surface area contributed by atoms with Gasteiger partial charge in [-0.1, -0.05) is 12.8 Å². The first-order valence-electron chi connectivity index (χ1n) is 6.13. The minimum Gasteiger partial charge on any atom is -0.478 e. The van der Waals surface area contributed by atoms with Crippen molar-refractivity contribution in [1.29, 1.82) is 0 Å². The molecule has 0 saturated heterocycles. The van der Waals surface area contributed by atoms with Crippen LogP contribution in [0.1, 0.15) is 47.2 Å². The number of aromatic carboxylic acids is 1. The van der Waals surface area contributed by atoms with Gasteiger partial charge in [0.15, 0.2) is 0 Å².